The average Bonchev–Trinajstić information content (AvgIpc) is 3.35. The summed E-state index contributed by atoms with van der Waals surface area (Å²) in [4.78, 5) is 15.0. The minimum Gasteiger partial charge on any atom is -0.311 e. The second-order valence-corrected chi connectivity index (χ2v) is 6.22. The van der Waals surface area contributed by atoms with E-state index in [1.54, 1.807) is 0 Å². The molecule has 106 valence electrons. The summed E-state index contributed by atoms with van der Waals surface area (Å²) in [5.41, 5.74) is 4.61. The molecule has 2 aromatic rings. The zero-order valence-corrected chi connectivity index (χ0v) is 12.3. The summed E-state index contributed by atoms with van der Waals surface area (Å²) in [6, 6.07) is 16.6. The fourth-order valence-electron chi connectivity index (χ4n) is 3.29. The van der Waals surface area contributed by atoms with Crippen LogP contribution in [0.25, 0.3) is 11.1 Å². The summed E-state index contributed by atoms with van der Waals surface area (Å²) >= 11 is 0. The van der Waals surface area contributed by atoms with Gasteiger partial charge in [-0.2, -0.15) is 0 Å². The fourth-order valence-corrected chi connectivity index (χ4v) is 3.29. The van der Waals surface area contributed by atoms with E-state index in [9.17, 15) is 4.79 Å². The Bertz CT molecular complexity index is 702. The first-order valence-corrected chi connectivity index (χ1v) is 7.75. The van der Waals surface area contributed by atoms with E-state index in [0.717, 1.165) is 17.8 Å². The van der Waals surface area contributed by atoms with E-state index in [4.69, 9.17) is 0 Å². The number of hydrogen-bond acceptors (Lipinski definition) is 1. The first-order chi connectivity index (χ1) is 10.3. The number of rotatable bonds is 2. The molecule has 0 unspecified atom stereocenters. The monoisotopic (exact) mass is 277 g/mol. The van der Waals surface area contributed by atoms with E-state index in [0.29, 0.717) is 5.92 Å². The van der Waals surface area contributed by atoms with Crippen molar-refractivity contribution in [2.45, 2.75) is 25.7 Å². The number of hydrogen-bond donors (Lipinski definition) is 0. The molecule has 0 saturated heterocycles. The van der Waals surface area contributed by atoms with Crippen LogP contribution in [-0.2, 0) is 4.79 Å². The molecule has 1 amide bonds. The number of carbonyl (C=O) groups excluding carboxylic acids is 1. The SMILES string of the molecule is C[C@@H]1C(=O)N(CC2CC2)c2ccccc2-c2ccccc21. The Kier molecular flexibility index (Phi) is 2.85. The molecule has 21 heavy (non-hydrogen) atoms. The number of fused-ring (bicyclic) bond motifs is 3. The third kappa shape index (κ3) is 2.06. The summed E-state index contributed by atoms with van der Waals surface area (Å²) in [5, 5.41) is 0. The lowest BCUT2D eigenvalue weighted by atomic mass is 9.92. The first kappa shape index (κ1) is 12.6. The fraction of sp³-hybridized carbons (Fsp3) is 0.316. The van der Waals surface area contributed by atoms with Crippen LogP contribution in [0.15, 0.2) is 48.5 Å². The molecule has 1 saturated carbocycles. The number of anilines is 1. The van der Waals surface area contributed by atoms with Crippen molar-refractivity contribution < 1.29 is 4.79 Å². The van der Waals surface area contributed by atoms with Gasteiger partial charge in [0.05, 0.1) is 11.6 Å². The van der Waals surface area contributed by atoms with Crippen LogP contribution in [0.3, 0.4) is 0 Å². The van der Waals surface area contributed by atoms with Crippen LogP contribution in [0, 0.1) is 5.92 Å². The lowest BCUT2D eigenvalue weighted by Gasteiger charge is -2.24. The molecule has 2 aromatic carbocycles. The molecule has 4 rings (SSSR count). The third-order valence-electron chi connectivity index (χ3n) is 4.69. The zero-order chi connectivity index (χ0) is 14.4. The van der Waals surface area contributed by atoms with Gasteiger partial charge in [0.2, 0.25) is 5.91 Å². The molecule has 1 aliphatic heterocycles. The molecule has 1 atom stereocenters. The van der Waals surface area contributed by atoms with Crippen LogP contribution in [0.4, 0.5) is 5.69 Å². The summed E-state index contributed by atoms with van der Waals surface area (Å²) in [7, 11) is 0. The smallest absolute Gasteiger partial charge is 0.234 e. The molecule has 0 N–H and O–H groups in total. The molecule has 2 nitrogen and oxygen atoms in total. The van der Waals surface area contributed by atoms with Crippen LogP contribution in [-0.4, -0.2) is 12.5 Å². The number of carbonyl (C=O) groups is 1. The van der Waals surface area contributed by atoms with Crippen LogP contribution in [0.5, 0.6) is 0 Å². The van der Waals surface area contributed by atoms with Gasteiger partial charge in [-0.3, -0.25) is 4.79 Å². The normalized spacial score (nSPS) is 20.7. The van der Waals surface area contributed by atoms with Gasteiger partial charge in [0.1, 0.15) is 0 Å². The molecule has 0 spiro atoms. The first-order valence-electron chi connectivity index (χ1n) is 7.75. The molecule has 1 fully saturated rings. The van der Waals surface area contributed by atoms with E-state index in [1.807, 2.05) is 24.0 Å². The van der Waals surface area contributed by atoms with Gasteiger partial charge >= 0.3 is 0 Å². The Morgan fingerprint density at radius 3 is 2.43 bits per heavy atom. The molecular weight excluding hydrogens is 258 g/mol. The second-order valence-electron chi connectivity index (χ2n) is 6.22. The van der Waals surface area contributed by atoms with Crippen LogP contribution in [0.2, 0.25) is 0 Å². The van der Waals surface area contributed by atoms with Crippen molar-refractivity contribution in [2.75, 3.05) is 11.4 Å². The van der Waals surface area contributed by atoms with E-state index >= 15 is 0 Å². The molecular formula is C19H19NO. The Morgan fingerprint density at radius 1 is 1.00 bits per heavy atom. The van der Waals surface area contributed by atoms with Crippen LogP contribution in [0.1, 0.15) is 31.2 Å². The quantitative estimate of drug-likeness (QED) is 0.805. The number of amides is 1. The maximum Gasteiger partial charge on any atom is 0.234 e. The van der Waals surface area contributed by atoms with Gasteiger partial charge in [-0.25, -0.2) is 0 Å². The Labute approximate surface area is 125 Å². The molecule has 0 aromatic heterocycles. The van der Waals surface area contributed by atoms with E-state index in [1.165, 1.54) is 24.0 Å². The van der Waals surface area contributed by atoms with Gasteiger partial charge in [0, 0.05) is 12.1 Å². The highest BCUT2D eigenvalue weighted by atomic mass is 16.2. The van der Waals surface area contributed by atoms with Crippen molar-refractivity contribution in [2.24, 2.45) is 5.92 Å². The molecule has 1 aliphatic carbocycles. The van der Waals surface area contributed by atoms with Crippen molar-refractivity contribution in [3.8, 4) is 11.1 Å². The summed E-state index contributed by atoms with van der Waals surface area (Å²) in [6.45, 7) is 2.90. The highest BCUT2D eigenvalue weighted by Gasteiger charge is 2.34. The number of para-hydroxylation sites is 1. The van der Waals surface area contributed by atoms with Gasteiger partial charge in [0.25, 0.3) is 0 Å². The maximum absolute atomic E-state index is 13.0. The van der Waals surface area contributed by atoms with Crippen molar-refractivity contribution in [1.29, 1.82) is 0 Å². The van der Waals surface area contributed by atoms with E-state index < -0.39 is 0 Å². The molecule has 1 heterocycles. The van der Waals surface area contributed by atoms with Crippen molar-refractivity contribution in [1.82, 2.24) is 0 Å². The van der Waals surface area contributed by atoms with Gasteiger partial charge < -0.3 is 4.90 Å². The van der Waals surface area contributed by atoms with Crippen molar-refractivity contribution >= 4 is 11.6 Å². The van der Waals surface area contributed by atoms with E-state index in [-0.39, 0.29) is 11.8 Å². The van der Waals surface area contributed by atoms with Crippen LogP contribution >= 0.6 is 0 Å². The van der Waals surface area contributed by atoms with Gasteiger partial charge in [-0.05, 0) is 42.9 Å². The largest absolute Gasteiger partial charge is 0.311 e. The minimum atomic E-state index is -0.0765. The molecule has 0 bridgehead atoms. The van der Waals surface area contributed by atoms with E-state index in [2.05, 4.69) is 36.4 Å². The molecule has 2 aliphatic rings. The number of nitrogens with zero attached hydrogens (tertiary/aromatic N) is 1. The van der Waals surface area contributed by atoms with Crippen LogP contribution < -0.4 is 4.90 Å². The Hall–Kier alpha value is -2.09. The molecule has 0 radical (unpaired) electrons. The van der Waals surface area contributed by atoms with Crippen molar-refractivity contribution in [3.63, 3.8) is 0 Å². The summed E-state index contributed by atoms with van der Waals surface area (Å²) in [6.07, 6.45) is 2.51. The van der Waals surface area contributed by atoms with Gasteiger partial charge in [-0.1, -0.05) is 42.5 Å². The maximum atomic E-state index is 13.0. The average molecular weight is 277 g/mol. The minimum absolute atomic E-state index is 0.0765. The van der Waals surface area contributed by atoms with Gasteiger partial charge in [0.15, 0.2) is 0 Å². The predicted octanol–water partition coefficient (Wildman–Crippen LogP) is 4.21. The third-order valence-corrected chi connectivity index (χ3v) is 4.69. The highest BCUT2D eigenvalue weighted by Crippen LogP contribution is 2.42. The zero-order valence-electron chi connectivity index (χ0n) is 12.3. The topological polar surface area (TPSA) is 20.3 Å². The molecule has 2 heteroatoms. The second kappa shape index (κ2) is 4.73. The highest BCUT2D eigenvalue weighted by molar-refractivity contribution is 6.05. The van der Waals surface area contributed by atoms with Crippen molar-refractivity contribution in [3.05, 3.63) is 54.1 Å². The lowest BCUT2D eigenvalue weighted by molar-refractivity contribution is -0.119. The predicted molar refractivity (Wildman–Crippen MR) is 85.4 cm³/mol. The standard InChI is InChI=1S/C19H19NO/c1-13-15-6-2-3-7-16(15)17-8-4-5-9-18(17)20(19(13)21)12-14-10-11-14/h2-9,13-14H,10-12H2,1H3/t13-/m0/s1. The summed E-state index contributed by atoms with van der Waals surface area (Å²) in [5.74, 6) is 0.849. The number of benzene rings is 2. The van der Waals surface area contributed by atoms with Gasteiger partial charge in [-0.15, -0.1) is 0 Å². The Morgan fingerprint density at radius 2 is 1.67 bits per heavy atom. The summed E-state index contributed by atoms with van der Waals surface area (Å²) < 4.78 is 0. The lowest BCUT2D eigenvalue weighted by Crippen LogP contribution is -2.35. The Balaban J connectivity index is 1.92.